The van der Waals surface area contributed by atoms with Crippen LogP contribution in [-0.4, -0.2) is 16.2 Å². The number of aromatic hydroxyl groups is 1. The summed E-state index contributed by atoms with van der Waals surface area (Å²) in [4.78, 5) is 10.4. The van der Waals surface area contributed by atoms with Gasteiger partial charge in [-0.3, -0.25) is 0 Å². The molecule has 0 amide bonds. The highest BCUT2D eigenvalue weighted by Crippen LogP contribution is 2.10. The number of benzene rings is 1. The van der Waals surface area contributed by atoms with Crippen molar-refractivity contribution in [2.75, 3.05) is 0 Å². The smallest absolute Gasteiger partial charge is 0.335 e. The molecule has 0 aliphatic rings. The van der Waals surface area contributed by atoms with E-state index in [1.165, 1.54) is 18.2 Å². The lowest BCUT2D eigenvalue weighted by atomic mass is 10.2. The van der Waals surface area contributed by atoms with E-state index in [9.17, 15) is 4.79 Å². The highest BCUT2D eigenvalue weighted by atomic mass is 31.0. The van der Waals surface area contributed by atoms with E-state index in [0.29, 0.717) is 5.30 Å². The van der Waals surface area contributed by atoms with Crippen molar-refractivity contribution in [3.63, 3.8) is 0 Å². The van der Waals surface area contributed by atoms with Gasteiger partial charge in [0.05, 0.1) is 5.56 Å². The molecule has 0 spiro atoms. The molecular formula is C7H7O3P. The van der Waals surface area contributed by atoms with E-state index in [1.807, 2.05) is 0 Å². The molecule has 0 aliphatic heterocycles. The molecule has 0 heterocycles. The van der Waals surface area contributed by atoms with E-state index >= 15 is 0 Å². The Morgan fingerprint density at radius 3 is 2.55 bits per heavy atom. The summed E-state index contributed by atoms with van der Waals surface area (Å²) in [5.74, 6) is -0.909. The summed E-state index contributed by atoms with van der Waals surface area (Å²) in [6.45, 7) is 0. The molecule has 0 fully saturated rings. The minimum atomic E-state index is -0.992. The average molecular weight is 170 g/mol. The normalized spacial score (nSPS) is 9.55. The lowest BCUT2D eigenvalue weighted by molar-refractivity contribution is 0.0697. The molecule has 3 nitrogen and oxygen atoms in total. The highest BCUT2D eigenvalue weighted by molar-refractivity contribution is 7.27. The lowest BCUT2D eigenvalue weighted by Crippen LogP contribution is -2.00. The minimum absolute atomic E-state index is 0.0833. The minimum Gasteiger partial charge on any atom is -0.507 e. The van der Waals surface area contributed by atoms with Gasteiger partial charge >= 0.3 is 5.97 Å². The molecule has 1 aromatic carbocycles. The van der Waals surface area contributed by atoms with Gasteiger partial charge in [0.1, 0.15) is 5.75 Å². The molecule has 1 unspecified atom stereocenters. The Morgan fingerprint density at radius 2 is 2.09 bits per heavy atom. The first kappa shape index (κ1) is 8.02. The molecule has 1 rings (SSSR count). The van der Waals surface area contributed by atoms with E-state index in [2.05, 4.69) is 9.24 Å². The number of carboxylic acids is 1. The van der Waals surface area contributed by atoms with Crippen molar-refractivity contribution in [2.24, 2.45) is 0 Å². The van der Waals surface area contributed by atoms with Gasteiger partial charge in [-0.15, -0.1) is 9.24 Å². The Morgan fingerprint density at radius 1 is 1.45 bits per heavy atom. The van der Waals surface area contributed by atoms with Crippen LogP contribution in [0, 0.1) is 0 Å². The Bertz CT molecular complexity index is 296. The summed E-state index contributed by atoms with van der Waals surface area (Å²) < 4.78 is 0. The highest BCUT2D eigenvalue weighted by Gasteiger charge is 2.03. The summed E-state index contributed by atoms with van der Waals surface area (Å²) >= 11 is 0. The van der Waals surface area contributed by atoms with Crippen molar-refractivity contribution in [3.05, 3.63) is 23.8 Å². The standard InChI is InChI=1S/C7H7O3P/c8-5-2-1-4(7(9)10)3-6(5)11/h1-3,8H,11H2,(H,9,10). The largest absolute Gasteiger partial charge is 0.507 e. The molecule has 0 saturated heterocycles. The first-order chi connectivity index (χ1) is 5.11. The quantitative estimate of drug-likeness (QED) is 0.606. The summed E-state index contributed by atoms with van der Waals surface area (Å²) in [5.41, 5.74) is 0.174. The van der Waals surface area contributed by atoms with Crippen LogP contribution in [0.3, 0.4) is 0 Å². The van der Waals surface area contributed by atoms with Crippen LogP contribution >= 0.6 is 9.24 Å². The second-order valence-corrected chi connectivity index (χ2v) is 2.70. The number of phenolic OH excluding ortho intramolecular Hbond substituents is 1. The third kappa shape index (κ3) is 1.69. The maximum atomic E-state index is 10.4. The predicted octanol–water partition coefficient (Wildman–Crippen LogP) is 0.591. The number of hydrogen-bond donors (Lipinski definition) is 2. The van der Waals surface area contributed by atoms with Gasteiger partial charge in [-0.1, -0.05) is 0 Å². The Labute approximate surface area is 65.9 Å². The molecule has 0 radical (unpaired) electrons. The molecule has 58 valence electrons. The summed E-state index contributed by atoms with van der Waals surface area (Å²) in [5, 5.41) is 18.0. The van der Waals surface area contributed by atoms with Crippen LogP contribution in [-0.2, 0) is 0 Å². The molecule has 11 heavy (non-hydrogen) atoms. The van der Waals surface area contributed by atoms with Crippen LogP contribution < -0.4 is 5.30 Å². The molecular weight excluding hydrogens is 163 g/mol. The molecule has 0 bridgehead atoms. The second kappa shape index (κ2) is 2.89. The number of phenols is 1. The molecule has 1 aromatic rings. The van der Waals surface area contributed by atoms with Crippen LogP contribution in [0.15, 0.2) is 18.2 Å². The monoisotopic (exact) mass is 170 g/mol. The molecule has 1 atom stereocenters. The maximum Gasteiger partial charge on any atom is 0.335 e. The van der Waals surface area contributed by atoms with E-state index < -0.39 is 5.97 Å². The first-order valence-corrected chi connectivity index (χ1v) is 3.51. The van der Waals surface area contributed by atoms with Crippen LogP contribution in [0.25, 0.3) is 0 Å². The van der Waals surface area contributed by atoms with Gasteiger partial charge in [0.25, 0.3) is 0 Å². The Kier molecular flexibility index (Phi) is 2.11. The molecule has 0 aromatic heterocycles. The Hall–Kier alpha value is -1.08. The van der Waals surface area contributed by atoms with Crippen molar-refractivity contribution < 1.29 is 15.0 Å². The molecule has 4 heteroatoms. The van der Waals surface area contributed by atoms with E-state index in [-0.39, 0.29) is 11.3 Å². The number of carboxylic acid groups (broad SMARTS) is 1. The number of rotatable bonds is 1. The fraction of sp³-hybridized carbons (Fsp3) is 0. The molecule has 0 aliphatic carbocycles. The third-order valence-corrected chi connectivity index (χ3v) is 1.74. The fourth-order valence-corrected chi connectivity index (χ4v) is 0.963. The topological polar surface area (TPSA) is 57.5 Å². The van der Waals surface area contributed by atoms with Crippen LogP contribution in [0.2, 0.25) is 0 Å². The van der Waals surface area contributed by atoms with Gasteiger partial charge in [-0.25, -0.2) is 4.79 Å². The number of aromatic carboxylic acids is 1. The zero-order valence-electron chi connectivity index (χ0n) is 5.61. The van der Waals surface area contributed by atoms with Gasteiger partial charge in [-0.2, -0.15) is 0 Å². The summed E-state index contributed by atoms with van der Waals surface area (Å²) in [6, 6.07) is 4.10. The van der Waals surface area contributed by atoms with Gasteiger partial charge < -0.3 is 10.2 Å². The SMILES string of the molecule is O=C(O)c1ccc(O)c(P)c1. The Balaban J connectivity index is 3.15. The van der Waals surface area contributed by atoms with E-state index in [1.54, 1.807) is 0 Å². The predicted molar refractivity (Wildman–Crippen MR) is 44.4 cm³/mol. The van der Waals surface area contributed by atoms with Crippen molar-refractivity contribution in [1.29, 1.82) is 0 Å². The van der Waals surface area contributed by atoms with Crippen molar-refractivity contribution in [3.8, 4) is 5.75 Å². The zero-order chi connectivity index (χ0) is 8.43. The first-order valence-electron chi connectivity index (χ1n) is 2.93. The number of hydrogen-bond acceptors (Lipinski definition) is 2. The van der Waals surface area contributed by atoms with Gasteiger partial charge in [-0.05, 0) is 18.2 Å². The van der Waals surface area contributed by atoms with Crippen LogP contribution in [0.4, 0.5) is 0 Å². The van der Waals surface area contributed by atoms with Crippen molar-refractivity contribution in [2.45, 2.75) is 0 Å². The number of carbonyl (C=O) groups is 1. The fourth-order valence-electron chi connectivity index (χ4n) is 0.688. The van der Waals surface area contributed by atoms with Crippen molar-refractivity contribution >= 4 is 20.5 Å². The molecule has 2 N–H and O–H groups in total. The third-order valence-electron chi connectivity index (χ3n) is 1.27. The maximum absolute atomic E-state index is 10.4. The van der Waals surface area contributed by atoms with Gasteiger partial charge in [0.2, 0.25) is 0 Å². The van der Waals surface area contributed by atoms with Crippen LogP contribution in [0.1, 0.15) is 10.4 Å². The van der Waals surface area contributed by atoms with Crippen LogP contribution in [0.5, 0.6) is 5.75 Å². The lowest BCUT2D eigenvalue weighted by Gasteiger charge is -1.98. The summed E-state index contributed by atoms with van der Waals surface area (Å²) in [7, 11) is 2.25. The van der Waals surface area contributed by atoms with E-state index in [4.69, 9.17) is 10.2 Å². The second-order valence-electron chi connectivity index (χ2n) is 2.08. The van der Waals surface area contributed by atoms with Gasteiger partial charge in [0.15, 0.2) is 0 Å². The average Bonchev–Trinajstić information content (AvgIpc) is 1.94. The summed E-state index contributed by atoms with van der Waals surface area (Å²) in [6.07, 6.45) is 0. The van der Waals surface area contributed by atoms with Gasteiger partial charge in [0, 0.05) is 5.30 Å². The van der Waals surface area contributed by atoms with Crippen molar-refractivity contribution in [1.82, 2.24) is 0 Å². The van der Waals surface area contributed by atoms with E-state index in [0.717, 1.165) is 0 Å². The molecule has 0 saturated carbocycles. The zero-order valence-corrected chi connectivity index (χ0v) is 6.77.